The van der Waals surface area contributed by atoms with E-state index in [0.29, 0.717) is 6.42 Å². The molecule has 22 heavy (non-hydrogen) atoms. The molecule has 2 aliphatic rings. The Hall–Kier alpha value is -0.453. The largest absolute Gasteiger partial charge is 0.413 e. The lowest BCUT2D eigenvalue weighted by Crippen LogP contribution is -2.57. The molecule has 0 spiro atoms. The van der Waals surface area contributed by atoms with Gasteiger partial charge >= 0.3 is 0 Å². The van der Waals surface area contributed by atoms with Crippen LogP contribution in [0, 0.1) is 11.3 Å². The van der Waals surface area contributed by atoms with E-state index in [1.807, 2.05) is 0 Å². The zero-order valence-corrected chi connectivity index (χ0v) is 16.0. The number of rotatable bonds is 3. The van der Waals surface area contributed by atoms with Crippen LogP contribution in [0.5, 0.6) is 0 Å². The highest BCUT2D eigenvalue weighted by Crippen LogP contribution is 2.57. The molecular formula is C18H32O3Si. The Morgan fingerprint density at radius 2 is 1.95 bits per heavy atom. The molecule has 4 atom stereocenters. The van der Waals surface area contributed by atoms with Crippen LogP contribution < -0.4 is 0 Å². The lowest BCUT2D eigenvalue weighted by Gasteiger charge is -2.49. The standard InChI is InChI=1S/C18H32O3Si/c1-8-18(20)13-9-10-15(17(13,5)12-11-14(18)19)21-22(6,7)16(2,3)4/h8,13,15,20H,1,9-12H2,2-7H3/t13-,15?,17+,18+/m1/s1. The van der Waals surface area contributed by atoms with Gasteiger partial charge in [0, 0.05) is 12.3 Å². The van der Waals surface area contributed by atoms with Gasteiger partial charge in [0.05, 0.1) is 6.10 Å². The van der Waals surface area contributed by atoms with Crippen LogP contribution in [-0.4, -0.2) is 30.9 Å². The molecule has 0 heterocycles. The van der Waals surface area contributed by atoms with E-state index < -0.39 is 13.9 Å². The third-order valence-electron chi connectivity index (χ3n) is 6.67. The average Bonchev–Trinajstić information content (AvgIpc) is 2.71. The summed E-state index contributed by atoms with van der Waals surface area (Å²) in [6, 6.07) is 0. The van der Waals surface area contributed by atoms with E-state index in [2.05, 4.69) is 47.4 Å². The van der Waals surface area contributed by atoms with Crippen LogP contribution >= 0.6 is 0 Å². The molecule has 0 aromatic heterocycles. The molecule has 0 radical (unpaired) electrons. The fourth-order valence-electron chi connectivity index (χ4n) is 4.02. The first kappa shape index (κ1) is 17.9. The molecular weight excluding hydrogens is 292 g/mol. The van der Waals surface area contributed by atoms with Crippen molar-refractivity contribution in [2.75, 3.05) is 0 Å². The van der Waals surface area contributed by atoms with Gasteiger partial charge < -0.3 is 9.53 Å². The minimum Gasteiger partial charge on any atom is -0.413 e. The number of Topliss-reactive ketones (excluding diaryl/α,β-unsaturated/α-hetero) is 1. The van der Waals surface area contributed by atoms with Crippen LogP contribution in [0.3, 0.4) is 0 Å². The summed E-state index contributed by atoms with van der Waals surface area (Å²) >= 11 is 0. The first-order chi connectivity index (χ1) is 9.88. The smallest absolute Gasteiger partial charge is 0.192 e. The van der Waals surface area contributed by atoms with Crippen LogP contribution in [0.25, 0.3) is 0 Å². The predicted molar refractivity (Wildman–Crippen MR) is 92.3 cm³/mol. The van der Waals surface area contributed by atoms with Gasteiger partial charge in [-0.15, -0.1) is 0 Å². The van der Waals surface area contributed by atoms with Crippen molar-refractivity contribution in [3.8, 4) is 0 Å². The maximum atomic E-state index is 12.2. The second-order valence-corrected chi connectivity index (χ2v) is 13.7. The molecule has 0 aromatic rings. The SMILES string of the molecule is C=C[C@@]1(O)C(=O)CC[C@]2(C)C(O[Si](C)(C)C(C)(C)C)CC[C@@H]12. The van der Waals surface area contributed by atoms with Gasteiger partial charge in [-0.1, -0.05) is 40.3 Å². The quantitative estimate of drug-likeness (QED) is 0.629. The monoisotopic (exact) mass is 324 g/mol. The minimum atomic E-state index is -1.86. The number of hydrogen-bond donors (Lipinski definition) is 1. The molecule has 1 unspecified atom stereocenters. The molecule has 1 N–H and O–H groups in total. The van der Waals surface area contributed by atoms with Gasteiger partial charge in [-0.2, -0.15) is 0 Å². The third-order valence-corrected chi connectivity index (χ3v) is 11.2. The fraction of sp³-hybridized carbons (Fsp3) is 0.833. The first-order valence-electron chi connectivity index (χ1n) is 8.45. The van der Waals surface area contributed by atoms with Crippen LogP contribution in [0.4, 0.5) is 0 Å². The molecule has 0 aliphatic heterocycles. The second kappa shape index (κ2) is 5.28. The average molecular weight is 325 g/mol. The number of ketones is 1. The van der Waals surface area contributed by atoms with Crippen molar-refractivity contribution in [3.05, 3.63) is 12.7 Å². The van der Waals surface area contributed by atoms with Crippen molar-refractivity contribution in [1.82, 2.24) is 0 Å². The van der Waals surface area contributed by atoms with E-state index in [-0.39, 0.29) is 28.3 Å². The van der Waals surface area contributed by atoms with Crippen LogP contribution in [0.1, 0.15) is 53.4 Å². The molecule has 126 valence electrons. The molecule has 2 aliphatic carbocycles. The molecule has 3 nitrogen and oxygen atoms in total. The van der Waals surface area contributed by atoms with Gasteiger partial charge in [0.1, 0.15) is 5.60 Å². The number of hydrogen-bond acceptors (Lipinski definition) is 3. The van der Waals surface area contributed by atoms with Gasteiger partial charge in [-0.3, -0.25) is 4.79 Å². The van der Waals surface area contributed by atoms with E-state index in [1.165, 1.54) is 6.08 Å². The Labute approximate surface area is 136 Å². The van der Waals surface area contributed by atoms with Crippen molar-refractivity contribution in [2.24, 2.45) is 11.3 Å². The molecule has 2 rings (SSSR count). The molecule has 2 fully saturated rings. The zero-order valence-electron chi connectivity index (χ0n) is 15.0. The normalized spacial score (nSPS) is 39.7. The van der Waals surface area contributed by atoms with Crippen LogP contribution in [0.15, 0.2) is 12.7 Å². The van der Waals surface area contributed by atoms with Gasteiger partial charge in [0.25, 0.3) is 0 Å². The van der Waals surface area contributed by atoms with Crippen LogP contribution in [0.2, 0.25) is 18.1 Å². The van der Waals surface area contributed by atoms with Gasteiger partial charge in [0.15, 0.2) is 14.1 Å². The molecule has 0 bridgehead atoms. The fourth-order valence-corrected chi connectivity index (χ4v) is 5.47. The minimum absolute atomic E-state index is 0.0616. The number of aliphatic hydroxyl groups is 1. The maximum absolute atomic E-state index is 12.2. The Kier molecular flexibility index (Phi) is 4.30. The topological polar surface area (TPSA) is 46.5 Å². The highest BCUT2D eigenvalue weighted by molar-refractivity contribution is 6.74. The Morgan fingerprint density at radius 1 is 1.36 bits per heavy atom. The highest BCUT2D eigenvalue weighted by atomic mass is 28.4. The summed E-state index contributed by atoms with van der Waals surface area (Å²) in [5.41, 5.74) is -1.50. The molecule has 0 saturated heterocycles. The third kappa shape index (κ3) is 2.53. The summed E-state index contributed by atoms with van der Waals surface area (Å²) in [6.07, 6.45) is 4.60. The molecule has 2 saturated carbocycles. The van der Waals surface area contributed by atoms with Gasteiger partial charge in [0.2, 0.25) is 0 Å². The second-order valence-electron chi connectivity index (χ2n) is 8.96. The summed E-state index contributed by atoms with van der Waals surface area (Å²) in [6.45, 7) is 17.2. The van der Waals surface area contributed by atoms with Crippen molar-refractivity contribution in [2.45, 2.75) is 83.2 Å². The summed E-state index contributed by atoms with van der Waals surface area (Å²) in [5.74, 6) is -0.133. The van der Waals surface area contributed by atoms with Gasteiger partial charge in [-0.05, 0) is 42.8 Å². The lowest BCUT2D eigenvalue weighted by atomic mass is 9.61. The maximum Gasteiger partial charge on any atom is 0.192 e. The van der Waals surface area contributed by atoms with E-state index in [4.69, 9.17) is 4.43 Å². The highest BCUT2D eigenvalue weighted by Gasteiger charge is 2.61. The Bertz CT molecular complexity index is 479. The van der Waals surface area contributed by atoms with E-state index in [1.54, 1.807) is 0 Å². The first-order valence-corrected chi connectivity index (χ1v) is 11.4. The number of carbonyl (C=O) groups is 1. The van der Waals surface area contributed by atoms with Gasteiger partial charge in [-0.25, -0.2) is 0 Å². The number of fused-ring (bicyclic) bond motifs is 1. The summed E-state index contributed by atoms with van der Waals surface area (Å²) in [7, 11) is -1.86. The summed E-state index contributed by atoms with van der Waals surface area (Å²) < 4.78 is 6.69. The van der Waals surface area contributed by atoms with E-state index in [9.17, 15) is 9.90 Å². The predicted octanol–water partition coefficient (Wildman–Crippen LogP) is 4.07. The molecule has 0 amide bonds. The number of carbonyl (C=O) groups excluding carboxylic acids is 1. The van der Waals surface area contributed by atoms with Crippen molar-refractivity contribution < 1.29 is 14.3 Å². The van der Waals surface area contributed by atoms with E-state index in [0.717, 1.165) is 19.3 Å². The summed E-state index contributed by atoms with van der Waals surface area (Å²) in [5, 5.41) is 11.0. The van der Waals surface area contributed by atoms with Crippen LogP contribution in [-0.2, 0) is 9.22 Å². The molecule has 0 aromatic carbocycles. The molecule has 4 heteroatoms. The van der Waals surface area contributed by atoms with Crippen molar-refractivity contribution in [1.29, 1.82) is 0 Å². The lowest BCUT2D eigenvalue weighted by molar-refractivity contribution is -0.152. The zero-order chi connectivity index (χ0) is 17.0. The Morgan fingerprint density at radius 3 is 2.45 bits per heavy atom. The van der Waals surface area contributed by atoms with E-state index >= 15 is 0 Å². The Balaban J connectivity index is 2.29. The van der Waals surface area contributed by atoms with Crippen molar-refractivity contribution >= 4 is 14.1 Å². The summed E-state index contributed by atoms with van der Waals surface area (Å²) in [4.78, 5) is 12.2. The van der Waals surface area contributed by atoms with Crippen molar-refractivity contribution in [3.63, 3.8) is 0 Å².